The lowest BCUT2D eigenvalue weighted by atomic mass is 10.2. The maximum absolute atomic E-state index is 10.5. The SMILES string of the molecule is COC(=O)N[C@H]([C]=O)CC(=O)O. The Labute approximate surface area is 68.5 Å². The number of amides is 1. The Kier molecular flexibility index (Phi) is 4.43. The van der Waals surface area contributed by atoms with Crippen LogP contribution in [-0.2, 0) is 14.3 Å². The smallest absolute Gasteiger partial charge is 0.407 e. The first-order chi connectivity index (χ1) is 5.60. The van der Waals surface area contributed by atoms with Gasteiger partial charge in [0.1, 0.15) is 6.04 Å². The summed E-state index contributed by atoms with van der Waals surface area (Å²) in [6.07, 6.45) is -0.00241. The number of methoxy groups -OCH3 is 1. The van der Waals surface area contributed by atoms with E-state index in [1.54, 1.807) is 0 Å². The summed E-state index contributed by atoms with van der Waals surface area (Å²) < 4.78 is 4.14. The maximum atomic E-state index is 10.5. The lowest BCUT2D eigenvalue weighted by Gasteiger charge is -2.07. The third-order valence-corrected chi connectivity index (χ3v) is 0.998. The third-order valence-electron chi connectivity index (χ3n) is 0.998. The number of nitrogens with one attached hydrogen (secondary N) is 1. The molecule has 0 bridgehead atoms. The number of rotatable bonds is 4. The Hall–Kier alpha value is -1.59. The highest BCUT2D eigenvalue weighted by Gasteiger charge is 2.15. The van der Waals surface area contributed by atoms with Crippen molar-refractivity contribution in [2.24, 2.45) is 0 Å². The lowest BCUT2D eigenvalue weighted by Crippen LogP contribution is -2.37. The Morgan fingerprint density at radius 3 is 2.58 bits per heavy atom. The van der Waals surface area contributed by atoms with Crippen molar-refractivity contribution < 1.29 is 24.2 Å². The van der Waals surface area contributed by atoms with Crippen molar-refractivity contribution in [3.05, 3.63) is 0 Å². The molecule has 0 saturated carbocycles. The number of carbonyl (C=O) groups excluding carboxylic acids is 2. The fraction of sp³-hybridized carbons (Fsp3) is 0.500. The van der Waals surface area contributed by atoms with Crippen LogP contribution in [0.15, 0.2) is 0 Å². The molecule has 2 N–H and O–H groups in total. The number of carboxylic acid groups (broad SMARTS) is 1. The van der Waals surface area contributed by atoms with Gasteiger partial charge in [-0.1, -0.05) is 0 Å². The summed E-state index contributed by atoms with van der Waals surface area (Å²) in [6, 6.07) is -1.16. The molecule has 0 aliphatic rings. The molecule has 1 amide bonds. The van der Waals surface area contributed by atoms with Gasteiger partial charge in [-0.2, -0.15) is 0 Å². The number of carboxylic acids is 1. The van der Waals surface area contributed by atoms with E-state index < -0.39 is 24.5 Å². The molecule has 0 aromatic carbocycles. The Morgan fingerprint density at radius 1 is 1.67 bits per heavy atom. The summed E-state index contributed by atoms with van der Waals surface area (Å²) in [5, 5.41) is 10.2. The van der Waals surface area contributed by atoms with Gasteiger partial charge in [-0.3, -0.25) is 9.59 Å². The molecule has 0 saturated heterocycles. The van der Waals surface area contributed by atoms with Crippen LogP contribution in [0.3, 0.4) is 0 Å². The van der Waals surface area contributed by atoms with Crippen molar-refractivity contribution in [3.8, 4) is 0 Å². The lowest BCUT2D eigenvalue weighted by molar-refractivity contribution is -0.137. The first-order valence-electron chi connectivity index (χ1n) is 3.04. The molecule has 12 heavy (non-hydrogen) atoms. The van der Waals surface area contributed by atoms with Crippen LogP contribution in [0.25, 0.3) is 0 Å². The highest BCUT2D eigenvalue weighted by Crippen LogP contribution is 1.88. The molecule has 0 heterocycles. The van der Waals surface area contributed by atoms with Crippen LogP contribution in [0.2, 0.25) is 0 Å². The molecule has 67 valence electrons. The zero-order valence-corrected chi connectivity index (χ0v) is 6.36. The number of carbonyl (C=O) groups is 2. The van der Waals surface area contributed by atoms with Crippen LogP contribution in [0.1, 0.15) is 6.42 Å². The molecule has 1 atom stereocenters. The monoisotopic (exact) mass is 174 g/mol. The van der Waals surface area contributed by atoms with E-state index in [2.05, 4.69) is 4.74 Å². The van der Waals surface area contributed by atoms with Crippen LogP contribution in [0, 0.1) is 0 Å². The minimum Gasteiger partial charge on any atom is -0.481 e. The molecule has 6 heteroatoms. The van der Waals surface area contributed by atoms with E-state index in [4.69, 9.17) is 5.11 Å². The largest absolute Gasteiger partial charge is 0.481 e. The molecule has 0 aliphatic heterocycles. The molecule has 0 aliphatic carbocycles. The topological polar surface area (TPSA) is 92.7 Å². The maximum Gasteiger partial charge on any atom is 0.407 e. The second-order valence-corrected chi connectivity index (χ2v) is 1.90. The Bertz CT molecular complexity index is 190. The molecule has 0 rings (SSSR count). The van der Waals surface area contributed by atoms with Gasteiger partial charge in [-0.15, -0.1) is 0 Å². The van der Waals surface area contributed by atoms with Gasteiger partial charge in [-0.05, 0) is 0 Å². The molecule has 0 spiro atoms. The van der Waals surface area contributed by atoms with E-state index in [9.17, 15) is 14.4 Å². The van der Waals surface area contributed by atoms with Crippen molar-refractivity contribution in [1.82, 2.24) is 5.32 Å². The van der Waals surface area contributed by atoms with Crippen molar-refractivity contribution in [2.75, 3.05) is 7.11 Å². The van der Waals surface area contributed by atoms with Gasteiger partial charge < -0.3 is 15.2 Å². The average molecular weight is 174 g/mol. The molecule has 0 unspecified atom stereocenters. The fourth-order valence-corrected chi connectivity index (χ4v) is 0.498. The van der Waals surface area contributed by atoms with Gasteiger partial charge in [0.2, 0.25) is 6.29 Å². The second kappa shape index (κ2) is 5.11. The number of hydrogen-bond donors (Lipinski definition) is 2. The van der Waals surface area contributed by atoms with Crippen LogP contribution in [0.5, 0.6) is 0 Å². The zero-order valence-electron chi connectivity index (χ0n) is 6.36. The summed E-state index contributed by atoms with van der Waals surface area (Å²) in [4.78, 5) is 30.6. The Balaban J connectivity index is 3.90. The first-order valence-corrected chi connectivity index (χ1v) is 3.04. The molecule has 0 aromatic rings. The summed E-state index contributed by atoms with van der Waals surface area (Å²) in [7, 11) is 1.11. The van der Waals surface area contributed by atoms with Gasteiger partial charge in [0.05, 0.1) is 13.5 Å². The number of hydrogen-bond acceptors (Lipinski definition) is 4. The predicted octanol–water partition coefficient (Wildman–Crippen LogP) is -0.705. The minimum atomic E-state index is -1.19. The second-order valence-electron chi connectivity index (χ2n) is 1.90. The van der Waals surface area contributed by atoms with Gasteiger partial charge in [0.15, 0.2) is 0 Å². The molecular weight excluding hydrogens is 166 g/mol. The molecule has 1 radical (unpaired) electrons. The zero-order chi connectivity index (χ0) is 9.56. The molecule has 0 fully saturated rings. The molecule has 6 nitrogen and oxygen atoms in total. The van der Waals surface area contributed by atoms with E-state index in [1.807, 2.05) is 5.32 Å². The van der Waals surface area contributed by atoms with E-state index in [0.717, 1.165) is 7.11 Å². The summed E-state index contributed by atoms with van der Waals surface area (Å²) in [5.41, 5.74) is 0. The van der Waals surface area contributed by atoms with E-state index in [0.29, 0.717) is 0 Å². The van der Waals surface area contributed by atoms with E-state index in [-0.39, 0.29) is 0 Å². The van der Waals surface area contributed by atoms with E-state index in [1.165, 1.54) is 6.29 Å². The highest BCUT2D eigenvalue weighted by atomic mass is 16.5. The van der Waals surface area contributed by atoms with Crippen LogP contribution in [0.4, 0.5) is 4.79 Å². The third kappa shape index (κ3) is 4.26. The van der Waals surface area contributed by atoms with Crippen molar-refractivity contribution in [1.29, 1.82) is 0 Å². The molecular formula is C6H8NO5. The quantitative estimate of drug-likeness (QED) is 0.587. The van der Waals surface area contributed by atoms with Crippen molar-refractivity contribution in [2.45, 2.75) is 12.5 Å². The summed E-state index contributed by atoms with van der Waals surface area (Å²) >= 11 is 0. The van der Waals surface area contributed by atoms with Gasteiger partial charge in [-0.25, -0.2) is 4.79 Å². The normalized spacial score (nSPS) is 11.4. The Morgan fingerprint density at radius 2 is 2.25 bits per heavy atom. The van der Waals surface area contributed by atoms with Crippen LogP contribution in [-0.4, -0.2) is 36.6 Å². The summed E-state index contributed by atoms with van der Waals surface area (Å²) in [5.74, 6) is -1.19. The number of alkyl carbamates (subject to hydrolysis) is 1. The van der Waals surface area contributed by atoms with Crippen molar-refractivity contribution in [3.63, 3.8) is 0 Å². The summed E-state index contributed by atoms with van der Waals surface area (Å²) in [6.45, 7) is 0. The number of aliphatic carboxylic acids is 1. The highest BCUT2D eigenvalue weighted by molar-refractivity contribution is 5.78. The van der Waals surface area contributed by atoms with Gasteiger partial charge >= 0.3 is 12.1 Å². The van der Waals surface area contributed by atoms with Crippen molar-refractivity contribution >= 4 is 18.3 Å². The van der Waals surface area contributed by atoms with Crippen LogP contribution < -0.4 is 5.32 Å². The van der Waals surface area contributed by atoms with Crippen LogP contribution >= 0.6 is 0 Å². The van der Waals surface area contributed by atoms with E-state index >= 15 is 0 Å². The fourth-order valence-electron chi connectivity index (χ4n) is 0.498. The average Bonchev–Trinajstić information content (AvgIpc) is 2.02. The number of ether oxygens (including phenoxy) is 1. The standard InChI is InChI=1S/C6H8NO5/c1-12-6(11)7-4(3-8)2-5(9)10/h4H,2H2,1H3,(H,7,11)(H,9,10)/t4-/m0/s1. The molecule has 0 aromatic heterocycles. The first kappa shape index (κ1) is 10.4. The van der Waals surface area contributed by atoms with Gasteiger partial charge in [0, 0.05) is 0 Å². The predicted molar refractivity (Wildman–Crippen MR) is 37.3 cm³/mol. The van der Waals surface area contributed by atoms with Gasteiger partial charge in [0.25, 0.3) is 0 Å². The minimum absolute atomic E-state index is 0.501.